The van der Waals surface area contributed by atoms with E-state index in [1.807, 2.05) is 18.2 Å². The van der Waals surface area contributed by atoms with Crippen molar-refractivity contribution in [1.82, 2.24) is 10.6 Å². The van der Waals surface area contributed by atoms with Crippen LogP contribution < -0.4 is 20.9 Å². The second-order valence-corrected chi connectivity index (χ2v) is 9.04. The molecule has 1 aliphatic rings. The first-order chi connectivity index (χ1) is 16.6. The Kier molecular flexibility index (Phi) is 8.03. The topological polar surface area (TPSA) is 108 Å². The highest BCUT2D eigenvalue weighted by Gasteiger charge is 2.29. The number of benzene rings is 2. The fraction of sp³-hybridized carbons (Fsp3) is 0.308. The molecular formula is C26H32N5O4+. The quantitative estimate of drug-likeness (QED) is 0.357. The number of hydrogen-bond acceptors (Lipinski definition) is 5. The first-order valence-electron chi connectivity index (χ1n) is 11.4. The molecule has 35 heavy (non-hydrogen) atoms. The van der Waals surface area contributed by atoms with Crippen LogP contribution in [0.4, 0.5) is 11.4 Å². The summed E-state index contributed by atoms with van der Waals surface area (Å²) in [6.45, 7) is 4.25. The summed E-state index contributed by atoms with van der Waals surface area (Å²) >= 11 is 0. The minimum Gasteiger partial charge on any atom is -0.379 e. The molecule has 184 valence electrons. The van der Waals surface area contributed by atoms with Crippen LogP contribution in [0.2, 0.25) is 0 Å². The molecular weight excluding hydrogens is 446 g/mol. The third-order valence-corrected chi connectivity index (χ3v) is 5.92. The summed E-state index contributed by atoms with van der Waals surface area (Å²) in [7, 11) is 5.76. The number of carbonyl (C=O) groups excluding carboxylic acids is 4. The molecule has 0 aromatic heterocycles. The van der Waals surface area contributed by atoms with Crippen molar-refractivity contribution in [2.24, 2.45) is 0 Å². The molecule has 0 radical (unpaired) electrons. The maximum Gasteiger partial charge on any atom is 0.261 e. The van der Waals surface area contributed by atoms with Gasteiger partial charge in [-0.15, -0.1) is 0 Å². The Balaban J connectivity index is 1.46. The van der Waals surface area contributed by atoms with Gasteiger partial charge < -0.3 is 20.4 Å². The highest BCUT2D eigenvalue weighted by atomic mass is 16.2. The number of nitrogens with zero attached hydrogens (tertiary/aromatic N) is 2. The fourth-order valence-corrected chi connectivity index (χ4v) is 3.74. The van der Waals surface area contributed by atoms with Gasteiger partial charge >= 0.3 is 0 Å². The van der Waals surface area contributed by atoms with E-state index in [9.17, 15) is 19.2 Å². The van der Waals surface area contributed by atoms with Crippen LogP contribution >= 0.6 is 0 Å². The molecule has 0 saturated heterocycles. The molecule has 0 spiro atoms. The number of amides is 4. The Morgan fingerprint density at radius 3 is 2.20 bits per heavy atom. The SMILES string of the molecule is CNC(=O)c1ccccc1NCC[N+](C)(C)CCNC(=O)c1ccc(N2C(=O)C=C(C)C2=O)cc1. The van der Waals surface area contributed by atoms with Gasteiger partial charge in [0.2, 0.25) is 0 Å². The lowest BCUT2D eigenvalue weighted by molar-refractivity contribution is -0.887. The second kappa shape index (κ2) is 11.0. The average Bonchev–Trinajstić information content (AvgIpc) is 3.09. The van der Waals surface area contributed by atoms with Crippen LogP contribution in [-0.4, -0.2) is 75.4 Å². The Morgan fingerprint density at radius 2 is 1.57 bits per heavy atom. The number of hydrogen-bond donors (Lipinski definition) is 3. The Morgan fingerprint density at radius 1 is 0.914 bits per heavy atom. The third kappa shape index (κ3) is 6.33. The van der Waals surface area contributed by atoms with Crippen molar-refractivity contribution in [1.29, 1.82) is 0 Å². The predicted octanol–water partition coefficient (Wildman–Crippen LogP) is 1.78. The summed E-state index contributed by atoms with van der Waals surface area (Å²) in [5, 5.41) is 8.90. The van der Waals surface area contributed by atoms with Crippen molar-refractivity contribution in [2.45, 2.75) is 6.92 Å². The zero-order chi connectivity index (χ0) is 25.6. The highest BCUT2D eigenvalue weighted by Crippen LogP contribution is 2.22. The number of rotatable bonds is 10. The van der Waals surface area contributed by atoms with Gasteiger partial charge in [-0.25, -0.2) is 4.90 Å². The van der Waals surface area contributed by atoms with Gasteiger partial charge in [0.15, 0.2) is 0 Å². The van der Waals surface area contributed by atoms with Crippen molar-refractivity contribution in [2.75, 3.05) is 57.5 Å². The lowest BCUT2D eigenvalue weighted by Gasteiger charge is -2.30. The summed E-state index contributed by atoms with van der Waals surface area (Å²) in [6, 6.07) is 13.8. The van der Waals surface area contributed by atoms with Crippen molar-refractivity contribution in [3.63, 3.8) is 0 Å². The summed E-state index contributed by atoms with van der Waals surface area (Å²) < 4.78 is 0.667. The van der Waals surface area contributed by atoms with E-state index in [-0.39, 0.29) is 23.6 Å². The summed E-state index contributed by atoms with van der Waals surface area (Å²) in [5.41, 5.74) is 2.67. The van der Waals surface area contributed by atoms with E-state index in [4.69, 9.17) is 0 Å². The van der Waals surface area contributed by atoms with Crippen LogP contribution in [0, 0.1) is 0 Å². The zero-order valence-corrected chi connectivity index (χ0v) is 20.6. The van der Waals surface area contributed by atoms with E-state index in [0.29, 0.717) is 46.5 Å². The van der Waals surface area contributed by atoms with Gasteiger partial charge in [-0.3, -0.25) is 19.2 Å². The van der Waals surface area contributed by atoms with Crippen LogP contribution in [0.1, 0.15) is 27.6 Å². The van der Waals surface area contributed by atoms with Gasteiger partial charge in [0, 0.05) is 29.9 Å². The van der Waals surface area contributed by atoms with E-state index < -0.39 is 0 Å². The smallest absolute Gasteiger partial charge is 0.261 e. The van der Waals surface area contributed by atoms with Gasteiger partial charge in [0.05, 0.1) is 51.5 Å². The maximum absolute atomic E-state index is 12.5. The van der Waals surface area contributed by atoms with E-state index in [0.717, 1.165) is 17.1 Å². The molecule has 0 aliphatic carbocycles. The van der Waals surface area contributed by atoms with Gasteiger partial charge in [-0.05, 0) is 43.3 Å². The number of quaternary nitrogens is 1. The highest BCUT2D eigenvalue weighted by molar-refractivity contribution is 6.30. The number of likely N-dealkylation sites (N-methyl/N-ethyl adjacent to an activating group) is 1. The van der Waals surface area contributed by atoms with Gasteiger partial charge in [-0.2, -0.15) is 0 Å². The molecule has 0 fully saturated rings. The van der Waals surface area contributed by atoms with Gasteiger partial charge in [0.25, 0.3) is 23.6 Å². The number of nitrogens with one attached hydrogen (secondary N) is 3. The van der Waals surface area contributed by atoms with Gasteiger partial charge in [0.1, 0.15) is 0 Å². The first-order valence-corrected chi connectivity index (χ1v) is 11.4. The molecule has 1 aliphatic heterocycles. The van der Waals surface area contributed by atoms with Crippen LogP contribution in [0.15, 0.2) is 60.2 Å². The Labute approximate surface area is 205 Å². The minimum atomic E-state index is -0.378. The molecule has 0 unspecified atom stereocenters. The van der Waals surface area contributed by atoms with Crippen molar-refractivity contribution in [3.8, 4) is 0 Å². The standard InChI is InChI=1S/C26H31N5O4/c1-18-17-23(32)30(26(18)35)20-11-9-19(10-12-20)24(33)29-14-16-31(3,4)15-13-28-22-8-6-5-7-21(22)25(34)27-2/h5-12,17H,13-16H2,1-4H3,(H2-,27,28,29,33,34)/p+1. The molecule has 2 aromatic carbocycles. The second-order valence-electron chi connectivity index (χ2n) is 9.04. The molecule has 9 nitrogen and oxygen atoms in total. The number of imide groups is 1. The molecule has 4 amide bonds. The van der Waals surface area contributed by atoms with E-state index >= 15 is 0 Å². The minimum absolute atomic E-state index is 0.136. The summed E-state index contributed by atoms with van der Waals surface area (Å²) in [5.74, 6) is -1.08. The lowest BCUT2D eigenvalue weighted by atomic mass is 10.1. The molecule has 2 aromatic rings. The average molecular weight is 479 g/mol. The van der Waals surface area contributed by atoms with Crippen molar-refractivity contribution >= 4 is 35.0 Å². The van der Waals surface area contributed by atoms with Crippen LogP contribution in [0.25, 0.3) is 0 Å². The van der Waals surface area contributed by atoms with Crippen molar-refractivity contribution < 1.29 is 23.7 Å². The van der Waals surface area contributed by atoms with Crippen molar-refractivity contribution in [3.05, 3.63) is 71.3 Å². The van der Waals surface area contributed by atoms with Gasteiger partial charge in [-0.1, -0.05) is 12.1 Å². The van der Waals surface area contributed by atoms with E-state index in [2.05, 4.69) is 30.0 Å². The zero-order valence-electron chi connectivity index (χ0n) is 20.6. The Hall–Kier alpha value is -3.98. The first kappa shape index (κ1) is 25.6. The monoisotopic (exact) mass is 478 g/mol. The molecule has 9 heteroatoms. The molecule has 3 N–H and O–H groups in total. The van der Waals surface area contributed by atoms with E-state index in [1.54, 1.807) is 44.3 Å². The Bertz CT molecular complexity index is 1150. The number of anilines is 2. The number of carbonyl (C=O) groups is 4. The molecule has 0 atom stereocenters. The van der Waals surface area contributed by atoms with Crippen LogP contribution in [-0.2, 0) is 9.59 Å². The normalized spacial score (nSPS) is 13.5. The number of para-hydroxylation sites is 1. The largest absolute Gasteiger partial charge is 0.379 e. The van der Waals surface area contributed by atoms with Crippen LogP contribution in [0.5, 0.6) is 0 Å². The summed E-state index contributed by atoms with van der Waals surface area (Å²) in [6.07, 6.45) is 1.30. The maximum atomic E-state index is 12.5. The summed E-state index contributed by atoms with van der Waals surface area (Å²) in [4.78, 5) is 49.8. The van der Waals surface area contributed by atoms with E-state index in [1.165, 1.54) is 6.08 Å². The molecule has 1 heterocycles. The molecule has 0 saturated carbocycles. The third-order valence-electron chi connectivity index (χ3n) is 5.92. The lowest BCUT2D eigenvalue weighted by Crippen LogP contribution is -2.47. The molecule has 0 bridgehead atoms. The van der Waals surface area contributed by atoms with Crippen LogP contribution in [0.3, 0.4) is 0 Å². The predicted molar refractivity (Wildman–Crippen MR) is 135 cm³/mol. The fourth-order valence-electron chi connectivity index (χ4n) is 3.74. The molecule has 3 rings (SSSR count).